The molecule has 1 unspecified atom stereocenters. The van der Waals surface area contributed by atoms with Crippen LogP contribution in [0, 0.1) is 0 Å². The Morgan fingerprint density at radius 1 is 1.39 bits per heavy atom. The van der Waals surface area contributed by atoms with Crippen molar-refractivity contribution in [1.82, 2.24) is 4.90 Å². The molecule has 4 nitrogen and oxygen atoms in total. The first kappa shape index (κ1) is 12.6. The molecule has 4 heteroatoms. The number of amides is 1. The highest BCUT2D eigenvalue weighted by atomic mass is 16.2. The summed E-state index contributed by atoms with van der Waals surface area (Å²) in [5, 5.41) is 0. The molecule has 0 spiro atoms. The quantitative estimate of drug-likeness (QED) is 0.760. The summed E-state index contributed by atoms with van der Waals surface area (Å²) in [6, 6.07) is 7.85. The fraction of sp³-hybridized carbons (Fsp3) is 0.429. The van der Waals surface area contributed by atoms with Crippen molar-refractivity contribution in [2.45, 2.75) is 19.4 Å². The van der Waals surface area contributed by atoms with E-state index in [0.29, 0.717) is 5.56 Å². The first-order chi connectivity index (χ1) is 8.61. The SMILES string of the molecule is CC(=O)N(C)C1CCN(c2ccc(C=O)cc2)C1. The molecule has 0 N–H and O–H groups in total. The normalized spacial score (nSPS) is 18.8. The molecular formula is C14H18N2O2. The first-order valence-corrected chi connectivity index (χ1v) is 6.15. The van der Waals surface area contributed by atoms with Crippen LogP contribution < -0.4 is 4.90 Å². The van der Waals surface area contributed by atoms with Gasteiger partial charge in [-0.3, -0.25) is 9.59 Å². The third kappa shape index (κ3) is 2.53. The van der Waals surface area contributed by atoms with E-state index >= 15 is 0 Å². The number of carbonyl (C=O) groups is 2. The lowest BCUT2D eigenvalue weighted by Gasteiger charge is -2.24. The van der Waals surface area contributed by atoms with E-state index in [0.717, 1.165) is 31.5 Å². The lowest BCUT2D eigenvalue weighted by atomic mass is 10.2. The van der Waals surface area contributed by atoms with E-state index in [2.05, 4.69) is 4.90 Å². The van der Waals surface area contributed by atoms with Gasteiger partial charge in [0.1, 0.15) is 6.29 Å². The number of benzene rings is 1. The fourth-order valence-electron chi connectivity index (χ4n) is 2.31. The average Bonchev–Trinajstić information content (AvgIpc) is 2.87. The Morgan fingerprint density at radius 3 is 2.61 bits per heavy atom. The van der Waals surface area contributed by atoms with Gasteiger partial charge >= 0.3 is 0 Å². The molecule has 1 amide bonds. The lowest BCUT2D eigenvalue weighted by molar-refractivity contribution is -0.129. The fourth-order valence-corrected chi connectivity index (χ4v) is 2.31. The molecule has 1 atom stereocenters. The number of carbonyl (C=O) groups excluding carboxylic acids is 2. The zero-order valence-corrected chi connectivity index (χ0v) is 10.8. The van der Waals surface area contributed by atoms with Crippen LogP contribution in [0.4, 0.5) is 5.69 Å². The van der Waals surface area contributed by atoms with Crippen LogP contribution in [0.15, 0.2) is 24.3 Å². The molecule has 1 aromatic rings. The predicted octanol–water partition coefficient (Wildman–Crippen LogP) is 1.56. The van der Waals surface area contributed by atoms with Crippen LogP contribution in [0.3, 0.4) is 0 Å². The Bertz CT molecular complexity index is 442. The average molecular weight is 246 g/mol. The summed E-state index contributed by atoms with van der Waals surface area (Å²) in [6.07, 6.45) is 1.84. The molecule has 1 saturated heterocycles. The van der Waals surface area contributed by atoms with E-state index in [1.54, 1.807) is 11.8 Å². The van der Waals surface area contributed by atoms with E-state index in [4.69, 9.17) is 0 Å². The smallest absolute Gasteiger partial charge is 0.219 e. The number of likely N-dealkylation sites (N-methyl/N-ethyl adjacent to an activating group) is 1. The second kappa shape index (κ2) is 5.21. The minimum Gasteiger partial charge on any atom is -0.369 e. The maximum absolute atomic E-state index is 11.3. The minimum atomic E-state index is 0.109. The van der Waals surface area contributed by atoms with E-state index in [1.807, 2.05) is 31.3 Å². The van der Waals surface area contributed by atoms with Gasteiger partial charge in [-0.2, -0.15) is 0 Å². The Balaban J connectivity index is 2.03. The molecule has 0 radical (unpaired) electrons. The minimum absolute atomic E-state index is 0.109. The molecule has 2 rings (SSSR count). The predicted molar refractivity (Wildman–Crippen MR) is 70.9 cm³/mol. The van der Waals surface area contributed by atoms with Crippen LogP contribution in [0.5, 0.6) is 0 Å². The van der Waals surface area contributed by atoms with Crippen molar-refractivity contribution in [3.8, 4) is 0 Å². The van der Waals surface area contributed by atoms with Gasteiger partial charge in [-0.05, 0) is 30.7 Å². The second-order valence-electron chi connectivity index (χ2n) is 4.73. The van der Waals surface area contributed by atoms with Crippen LogP contribution in [0.1, 0.15) is 23.7 Å². The third-order valence-electron chi connectivity index (χ3n) is 3.60. The van der Waals surface area contributed by atoms with E-state index in [9.17, 15) is 9.59 Å². The molecule has 0 bridgehead atoms. The first-order valence-electron chi connectivity index (χ1n) is 6.15. The Labute approximate surface area is 107 Å². The molecular weight excluding hydrogens is 228 g/mol. The monoisotopic (exact) mass is 246 g/mol. The van der Waals surface area contributed by atoms with Crippen LogP contribution in [-0.4, -0.2) is 43.3 Å². The molecule has 18 heavy (non-hydrogen) atoms. The zero-order valence-electron chi connectivity index (χ0n) is 10.8. The van der Waals surface area contributed by atoms with Crippen molar-refractivity contribution in [1.29, 1.82) is 0 Å². The van der Waals surface area contributed by atoms with Crippen LogP contribution in [-0.2, 0) is 4.79 Å². The van der Waals surface area contributed by atoms with Crippen molar-refractivity contribution >= 4 is 17.9 Å². The number of nitrogens with zero attached hydrogens (tertiary/aromatic N) is 2. The molecule has 1 aromatic carbocycles. The van der Waals surface area contributed by atoms with Crippen LogP contribution in [0.2, 0.25) is 0 Å². The van der Waals surface area contributed by atoms with Crippen LogP contribution >= 0.6 is 0 Å². The van der Waals surface area contributed by atoms with Crippen molar-refractivity contribution in [3.05, 3.63) is 29.8 Å². The Hall–Kier alpha value is -1.84. The Kier molecular flexibility index (Phi) is 3.65. The number of aldehydes is 1. The van der Waals surface area contributed by atoms with Crippen molar-refractivity contribution in [3.63, 3.8) is 0 Å². The largest absolute Gasteiger partial charge is 0.369 e. The number of hydrogen-bond acceptors (Lipinski definition) is 3. The van der Waals surface area contributed by atoms with Crippen molar-refractivity contribution in [2.24, 2.45) is 0 Å². The summed E-state index contributed by atoms with van der Waals surface area (Å²) in [4.78, 5) is 26.0. The maximum Gasteiger partial charge on any atom is 0.219 e. The maximum atomic E-state index is 11.3. The summed E-state index contributed by atoms with van der Waals surface area (Å²) in [5.74, 6) is 0.109. The third-order valence-corrected chi connectivity index (χ3v) is 3.60. The number of hydrogen-bond donors (Lipinski definition) is 0. The van der Waals surface area contributed by atoms with Gasteiger partial charge < -0.3 is 9.80 Å². The van der Waals surface area contributed by atoms with Gasteiger partial charge in [-0.15, -0.1) is 0 Å². The van der Waals surface area contributed by atoms with Crippen molar-refractivity contribution < 1.29 is 9.59 Å². The van der Waals surface area contributed by atoms with Gasteiger partial charge in [0.2, 0.25) is 5.91 Å². The summed E-state index contributed by atoms with van der Waals surface area (Å²) in [5.41, 5.74) is 1.80. The summed E-state index contributed by atoms with van der Waals surface area (Å²) in [6.45, 7) is 3.40. The molecule has 1 fully saturated rings. The van der Waals surface area contributed by atoms with Gasteiger partial charge in [0.05, 0.1) is 6.04 Å². The summed E-state index contributed by atoms with van der Waals surface area (Å²) in [7, 11) is 1.85. The highest BCUT2D eigenvalue weighted by molar-refractivity contribution is 5.76. The molecule has 96 valence electrons. The Morgan fingerprint density at radius 2 is 2.06 bits per heavy atom. The number of anilines is 1. The topological polar surface area (TPSA) is 40.6 Å². The highest BCUT2D eigenvalue weighted by Crippen LogP contribution is 2.22. The van der Waals surface area contributed by atoms with Gasteiger partial charge in [0.15, 0.2) is 0 Å². The number of rotatable bonds is 3. The summed E-state index contributed by atoms with van der Waals surface area (Å²) < 4.78 is 0. The molecule has 1 heterocycles. The van der Waals surface area contributed by atoms with Gasteiger partial charge in [0, 0.05) is 38.3 Å². The second-order valence-corrected chi connectivity index (χ2v) is 4.73. The van der Waals surface area contributed by atoms with Gasteiger partial charge in [-0.1, -0.05) is 0 Å². The standard InChI is InChI=1S/C14H18N2O2/c1-11(18)15(2)14-7-8-16(9-14)13-5-3-12(10-17)4-6-13/h3-6,10,14H,7-9H2,1-2H3. The van der Waals surface area contributed by atoms with Crippen LogP contribution in [0.25, 0.3) is 0 Å². The molecule has 0 saturated carbocycles. The van der Waals surface area contributed by atoms with E-state index < -0.39 is 0 Å². The molecule has 1 aliphatic rings. The van der Waals surface area contributed by atoms with E-state index in [-0.39, 0.29) is 11.9 Å². The van der Waals surface area contributed by atoms with Crippen molar-refractivity contribution in [2.75, 3.05) is 25.0 Å². The zero-order chi connectivity index (χ0) is 13.1. The molecule has 1 aliphatic heterocycles. The summed E-state index contributed by atoms with van der Waals surface area (Å²) >= 11 is 0. The highest BCUT2D eigenvalue weighted by Gasteiger charge is 2.26. The lowest BCUT2D eigenvalue weighted by Crippen LogP contribution is -2.37. The van der Waals surface area contributed by atoms with Gasteiger partial charge in [0.25, 0.3) is 0 Å². The molecule has 0 aliphatic carbocycles. The molecule has 0 aromatic heterocycles. The van der Waals surface area contributed by atoms with Gasteiger partial charge in [-0.25, -0.2) is 0 Å². The van der Waals surface area contributed by atoms with E-state index in [1.165, 1.54) is 0 Å².